The third-order valence-corrected chi connectivity index (χ3v) is 5.83. The highest BCUT2D eigenvalue weighted by atomic mass is 32.2. The van der Waals surface area contributed by atoms with Crippen LogP contribution in [0.2, 0.25) is 0 Å². The molecule has 150 valence electrons. The predicted molar refractivity (Wildman–Crippen MR) is 116 cm³/mol. The smallest absolute Gasteiger partial charge is 0.228 e. The second-order valence-corrected chi connectivity index (χ2v) is 8.18. The van der Waals surface area contributed by atoms with Gasteiger partial charge in [0.25, 0.3) is 0 Å². The monoisotopic (exact) mass is 400 g/mol. The van der Waals surface area contributed by atoms with Crippen molar-refractivity contribution in [2.24, 2.45) is 0 Å². The number of hydrogen-bond donors (Lipinski definition) is 1. The van der Waals surface area contributed by atoms with Crippen LogP contribution in [-0.2, 0) is 17.8 Å². The molecule has 0 spiro atoms. The molecule has 2 aromatic rings. The van der Waals surface area contributed by atoms with E-state index < -0.39 is 0 Å². The van der Waals surface area contributed by atoms with E-state index in [4.69, 9.17) is 9.47 Å². The Labute approximate surface area is 171 Å². The Bertz CT molecular complexity index is 819. The maximum absolute atomic E-state index is 12.5. The lowest BCUT2D eigenvalue weighted by molar-refractivity contribution is -0.115. The van der Waals surface area contributed by atoms with Crippen LogP contribution in [0.3, 0.4) is 0 Å². The molecule has 2 aromatic carbocycles. The average Bonchev–Trinajstić information content (AvgIpc) is 2.70. The fourth-order valence-electron chi connectivity index (χ4n) is 3.35. The first-order chi connectivity index (χ1) is 13.6. The van der Waals surface area contributed by atoms with Crippen LogP contribution in [0.5, 0.6) is 11.5 Å². The molecular formula is C22H28N2O3S. The number of methoxy groups -OCH3 is 2. The number of rotatable bonds is 7. The molecule has 28 heavy (non-hydrogen) atoms. The van der Waals surface area contributed by atoms with Gasteiger partial charge in [-0.2, -0.15) is 11.8 Å². The third-order valence-electron chi connectivity index (χ3n) is 4.89. The van der Waals surface area contributed by atoms with Gasteiger partial charge in [0.1, 0.15) is 0 Å². The minimum atomic E-state index is -0.0453. The maximum atomic E-state index is 12.5. The Hall–Kier alpha value is -2.18. The molecule has 1 fully saturated rings. The molecule has 0 atom stereocenters. The van der Waals surface area contributed by atoms with E-state index in [9.17, 15) is 4.79 Å². The van der Waals surface area contributed by atoms with Crippen LogP contribution in [0.4, 0.5) is 5.69 Å². The molecule has 1 heterocycles. The van der Waals surface area contributed by atoms with Crippen molar-refractivity contribution in [1.82, 2.24) is 4.90 Å². The molecule has 3 rings (SSSR count). The summed E-state index contributed by atoms with van der Waals surface area (Å²) < 4.78 is 10.6. The number of thioether (sulfide) groups is 1. The van der Waals surface area contributed by atoms with Gasteiger partial charge in [-0.1, -0.05) is 18.2 Å². The van der Waals surface area contributed by atoms with Crippen molar-refractivity contribution < 1.29 is 14.3 Å². The van der Waals surface area contributed by atoms with Gasteiger partial charge in [-0.05, 0) is 41.8 Å². The number of benzene rings is 2. The summed E-state index contributed by atoms with van der Waals surface area (Å²) in [7, 11) is 3.19. The second kappa shape index (κ2) is 9.85. The van der Waals surface area contributed by atoms with E-state index >= 15 is 0 Å². The van der Waals surface area contributed by atoms with Crippen molar-refractivity contribution in [2.45, 2.75) is 19.9 Å². The lowest BCUT2D eigenvalue weighted by Gasteiger charge is -2.26. The van der Waals surface area contributed by atoms with E-state index in [-0.39, 0.29) is 12.3 Å². The maximum Gasteiger partial charge on any atom is 0.228 e. The van der Waals surface area contributed by atoms with Crippen molar-refractivity contribution in [3.63, 3.8) is 0 Å². The molecule has 0 unspecified atom stereocenters. The van der Waals surface area contributed by atoms with Gasteiger partial charge in [0.2, 0.25) is 5.91 Å². The van der Waals surface area contributed by atoms with E-state index in [1.165, 1.54) is 17.1 Å². The number of carbonyl (C=O) groups is 1. The molecule has 0 aromatic heterocycles. The van der Waals surface area contributed by atoms with Gasteiger partial charge in [0.15, 0.2) is 11.5 Å². The fourth-order valence-corrected chi connectivity index (χ4v) is 4.33. The van der Waals surface area contributed by atoms with Crippen LogP contribution < -0.4 is 14.8 Å². The highest BCUT2D eigenvalue weighted by molar-refractivity contribution is 7.99. The summed E-state index contributed by atoms with van der Waals surface area (Å²) in [5, 5.41) is 3.03. The molecule has 6 heteroatoms. The molecule has 0 saturated carbocycles. The average molecular weight is 401 g/mol. The summed E-state index contributed by atoms with van der Waals surface area (Å²) in [6, 6.07) is 11.8. The first-order valence-corrected chi connectivity index (χ1v) is 10.6. The van der Waals surface area contributed by atoms with E-state index in [1.807, 2.05) is 43.0 Å². The number of nitrogens with one attached hydrogen (secondary N) is 1. The van der Waals surface area contributed by atoms with Gasteiger partial charge in [-0.15, -0.1) is 0 Å². The van der Waals surface area contributed by atoms with Crippen LogP contribution in [0.15, 0.2) is 36.4 Å². The van der Waals surface area contributed by atoms with Crippen LogP contribution in [0, 0.1) is 6.92 Å². The topological polar surface area (TPSA) is 50.8 Å². The number of aryl methyl sites for hydroxylation is 1. The Morgan fingerprint density at radius 3 is 2.43 bits per heavy atom. The zero-order valence-electron chi connectivity index (χ0n) is 16.8. The first-order valence-electron chi connectivity index (χ1n) is 9.49. The van der Waals surface area contributed by atoms with Crippen molar-refractivity contribution in [3.05, 3.63) is 53.1 Å². The minimum Gasteiger partial charge on any atom is -0.493 e. The third kappa shape index (κ3) is 5.42. The van der Waals surface area contributed by atoms with Crippen molar-refractivity contribution in [2.75, 3.05) is 44.1 Å². The molecule has 5 nitrogen and oxygen atoms in total. The van der Waals surface area contributed by atoms with E-state index in [0.29, 0.717) is 11.5 Å². The summed E-state index contributed by atoms with van der Waals surface area (Å²) in [5.74, 6) is 3.66. The number of amides is 1. The van der Waals surface area contributed by atoms with Gasteiger partial charge in [0.05, 0.1) is 20.6 Å². The SMILES string of the molecule is COc1ccc(CC(=O)Nc2ccc(CN3CCSCC3)cc2C)cc1OC. The molecule has 0 bridgehead atoms. The number of nitrogens with zero attached hydrogens (tertiary/aromatic N) is 1. The summed E-state index contributed by atoms with van der Waals surface area (Å²) in [6.45, 7) is 5.31. The van der Waals surface area contributed by atoms with Crippen LogP contribution in [0.1, 0.15) is 16.7 Å². The van der Waals surface area contributed by atoms with E-state index in [2.05, 4.69) is 22.3 Å². The molecule has 1 aliphatic rings. The van der Waals surface area contributed by atoms with Crippen molar-refractivity contribution in [1.29, 1.82) is 0 Å². The molecule has 0 radical (unpaired) electrons. The lowest BCUT2D eigenvalue weighted by Crippen LogP contribution is -2.31. The fraction of sp³-hybridized carbons (Fsp3) is 0.409. The number of ether oxygens (including phenoxy) is 2. The normalized spacial score (nSPS) is 14.5. The van der Waals surface area contributed by atoms with Crippen molar-refractivity contribution in [3.8, 4) is 11.5 Å². The molecule has 0 aliphatic carbocycles. The second-order valence-electron chi connectivity index (χ2n) is 6.95. The Morgan fingerprint density at radius 2 is 1.75 bits per heavy atom. The van der Waals surface area contributed by atoms with Gasteiger partial charge in [-0.25, -0.2) is 0 Å². The zero-order valence-corrected chi connectivity index (χ0v) is 17.6. The first kappa shape index (κ1) is 20.6. The Kier molecular flexibility index (Phi) is 7.23. The number of hydrogen-bond acceptors (Lipinski definition) is 5. The lowest BCUT2D eigenvalue weighted by atomic mass is 10.1. The molecule has 1 amide bonds. The van der Waals surface area contributed by atoms with Crippen LogP contribution >= 0.6 is 11.8 Å². The molecule has 1 aliphatic heterocycles. The Morgan fingerprint density at radius 1 is 1.04 bits per heavy atom. The van der Waals surface area contributed by atoms with Crippen LogP contribution in [0.25, 0.3) is 0 Å². The van der Waals surface area contributed by atoms with Crippen LogP contribution in [-0.4, -0.2) is 49.6 Å². The van der Waals surface area contributed by atoms with Gasteiger partial charge in [-0.3, -0.25) is 9.69 Å². The summed E-state index contributed by atoms with van der Waals surface area (Å²) in [6.07, 6.45) is 0.285. The largest absolute Gasteiger partial charge is 0.493 e. The molecule has 1 saturated heterocycles. The standard InChI is InChI=1S/C22H28N2O3S/c1-16-12-18(15-24-8-10-28-11-9-24)4-6-19(16)23-22(25)14-17-5-7-20(26-2)21(13-17)27-3/h4-7,12-13H,8-11,14-15H2,1-3H3,(H,23,25). The van der Waals surface area contributed by atoms with E-state index in [0.717, 1.165) is 36.4 Å². The Balaban J connectivity index is 1.60. The van der Waals surface area contributed by atoms with Gasteiger partial charge >= 0.3 is 0 Å². The summed E-state index contributed by atoms with van der Waals surface area (Å²) in [5.41, 5.74) is 4.13. The van der Waals surface area contributed by atoms with Gasteiger partial charge in [0, 0.05) is 36.8 Å². The molecular weight excluding hydrogens is 372 g/mol. The quantitative estimate of drug-likeness (QED) is 0.767. The highest BCUT2D eigenvalue weighted by Crippen LogP contribution is 2.28. The van der Waals surface area contributed by atoms with E-state index in [1.54, 1.807) is 14.2 Å². The summed E-state index contributed by atoms with van der Waals surface area (Å²) >= 11 is 2.02. The highest BCUT2D eigenvalue weighted by Gasteiger charge is 2.13. The predicted octanol–water partition coefficient (Wildman–Crippen LogP) is 3.74. The molecule has 1 N–H and O–H groups in total. The minimum absolute atomic E-state index is 0.0453. The van der Waals surface area contributed by atoms with Gasteiger partial charge < -0.3 is 14.8 Å². The number of carbonyl (C=O) groups excluding carboxylic acids is 1. The summed E-state index contributed by atoms with van der Waals surface area (Å²) in [4.78, 5) is 15.0. The number of anilines is 1. The van der Waals surface area contributed by atoms with Crippen molar-refractivity contribution >= 4 is 23.4 Å². The zero-order chi connectivity index (χ0) is 19.9.